The van der Waals surface area contributed by atoms with Crippen molar-refractivity contribution in [3.05, 3.63) is 65.7 Å². The molecule has 25 heavy (non-hydrogen) atoms. The number of nitrogens with zero attached hydrogens (tertiary/aromatic N) is 1. The number of benzene rings is 3. The molecule has 6 heteroatoms. The highest BCUT2D eigenvalue weighted by atomic mass is 32.2. The van der Waals surface area contributed by atoms with Crippen molar-refractivity contribution in [3.8, 4) is 0 Å². The van der Waals surface area contributed by atoms with Gasteiger partial charge in [-0.2, -0.15) is 0 Å². The molecule has 0 aromatic heterocycles. The number of sulfonamides is 1. The number of amides is 1. The Hall–Kier alpha value is -2.86. The standard InChI is InChI=1S/C19H16N2O3S/c1-12-6-3-4-9-17(12)25(23,24)20-15-10-11-16-18-13(15)7-5-8-14(18)19(22)21(16)2/h3-11,20H,1-2H3. The van der Waals surface area contributed by atoms with Crippen LogP contribution in [0.2, 0.25) is 0 Å². The molecule has 0 spiro atoms. The fourth-order valence-electron chi connectivity index (χ4n) is 3.28. The molecule has 1 aliphatic rings. The number of anilines is 2. The van der Waals surface area contributed by atoms with E-state index in [2.05, 4.69) is 4.72 Å². The fourth-order valence-corrected chi connectivity index (χ4v) is 4.61. The molecular weight excluding hydrogens is 336 g/mol. The quantitative estimate of drug-likeness (QED) is 0.784. The van der Waals surface area contributed by atoms with Crippen LogP contribution in [0, 0.1) is 6.92 Å². The average Bonchev–Trinajstić information content (AvgIpc) is 2.84. The van der Waals surface area contributed by atoms with Crippen LogP contribution in [0.5, 0.6) is 0 Å². The Balaban J connectivity index is 1.88. The van der Waals surface area contributed by atoms with Gasteiger partial charge in [-0.1, -0.05) is 30.3 Å². The molecule has 0 radical (unpaired) electrons. The van der Waals surface area contributed by atoms with Gasteiger partial charge in [-0.15, -0.1) is 0 Å². The van der Waals surface area contributed by atoms with Gasteiger partial charge in [0.25, 0.3) is 15.9 Å². The van der Waals surface area contributed by atoms with E-state index in [4.69, 9.17) is 0 Å². The van der Waals surface area contributed by atoms with Crippen LogP contribution in [0.4, 0.5) is 11.4 Å². The summed E-state index contributed by atoms with van der Waals surface area (Å²) in [5, 5.41) is 1.49. The summed E-state index contributed by atoms with van der Waals surface area (Å²) in [7, 11) is -2.00. The van der Waals surface area contributed by atoms with E-state index in [9.17, 15) is 13.2 Å². The number of aryl methyl sites for hydroxylation is 1. The first kappa shape index (κ1) is 15.7. The van der Waals surface area contributed by atoms with Crippen molar-refractivity contribution in [2.24, 2.45) is 0 Å². The lowest BCUT2D eigenvalue weighted by Gasteiger charge is -2.14. The second-order valence-corrected chi connectivity index (χ2v) is 7.75. The second kappa shape index (κ2) is 5.32. The molecule has 3 aromatic rings. The lowest BCUT2D eigenvalue weighted by atomic mass is 10.0. The number of hydrogen-bond donors (Lipinski definition) is 1. The molecule has 5 nitrogen and oxygen atoms in total. The molecule has 1 amide bonds. The van der Waals surface area contributed by atoms with Gasteiger partial charge in [0.2, 0.25) is 0 Å². The predicted octanol–water partition coefficient (Wildman–Crippen LogP) is 3.54. The van der Waals surface area contributed by atoms with E-state index >= 15 is 0 Å². The molecule has 0 atom stereocenters. The number of carbonyl (C=O) groups is 1. The summed E-state index contributed by atoms with van der Waals surface area (Å²) in [6, 6.07) is 15.7. The fraction of sp³-hybridized carbons (Fsp3) is 0.105. The highest BCUT2D eigenvalue weighted by Gasteiger charge is 2.28. The molecule has 0 aliphatic carbocycles. The van der Waals surface area contributed by atoms with E-state index in [0.29, 0.717) is 22.2 Å². The second-order valence-electron chi connectivity index (χ2n) is 6.10. The summed E-state index contributed by atoms with van der Waals surface area (Å²) < 4.78 is 28.3. The van der Waals surface area contributed by atoms with Crippen molar-refractivity contribution < 1.29 is 13.2 Å². The molecule has 4 rings (SSSR count). The Bertz CT molecular complexity index is 1140. The molecule has 1 aliphatic heterocycles. The molecule has 1 heterocycles. The van der Waals surface area contributed by atoms with Crippen molar-refractivity contribution in [2.75, 3.05) is 16.7 Å². The smallest absolute Gasteiger partial charge is 0.262 e. The van der Waals surface area contributed by atoms with Gasteiger partial charge in [0.15, 0.2) is 0 Å². The maximum Gasteiger partial charge on any atom is 0.262 e. The van der Waals surface area contributed by atoms with Crippen LogP contribution in [0.15, 0.2) is 59.5 Å². The molecule has 0 fully saturated rings. The van der Waals surface area contributed by atoms with E-state index in [1.165, 1.54) is 0 Å². The maximum atomic E-state index is 12.8. The van der Waals surface area contributed by atoms with E-state index in [0.717, 1.165) is 11.1 Å². The lowest BCUT2D eigenvalue weighted by molar-refractivity contribution is 0.0999. The van der Waals surface area contributed by atoms with Gasteiger partial charge in [-0.05, 0) is 36.8 Å². The minimum Gasteiger partial charge on any atom is -0.311 e. The van der Waals surface area contributed by atoms with Crippen LogP contribution in [0.25, 0.3) is 10.8 Å². The topological polar surface area (TPSA) is 66.5 Å². The molecule has 0 saturated heterocycles. The zero-order valence-electron chi connectivity index (χ0n) is 13.8. The third-order valence-electron chi connectivity index (χ3n) is 4.54. The Morgan fingerprint density at radius 1 is 0.960 bits per heavy atom. The summed E-state index contributed by atoms with van der Waals surface area (Å²) in [5.74, 6) is -0.0838. The van der Waals surface area contributed by atoms with Gasteiger partial charge in [0, 0.05) is 23.4 Å². The van der Waals surface area contributed by atoms with Crippen LogP contribution in [0.1, 0.15) is 15.9 Å². The van der Waals surface area contributed by atoms with E-state index in [-0.39, 0.29) is 10.8 Å². The number of hydrogen-bond acceptors (Lipinski definition) is 3. The van der Waals surface area contributed by atoms with Gasteiger partial charge >= 0.3 is 0 Å². The highest BCUT2D eigenvalue weighted by molar-refractivity contribution is 7.92. The van der Waals surface area contributed by atoms with Crippen molar-refractivity contribution in [2.45, 2.75) is 11.8 Å². The Morgan fingerprint density at radius 3 is 2.48 bits per heavy atom. The number of rotatable bonds is 3. The number of nitrogens with one attached hydrogen (secondary N) is 1. The van der Waals surface area contributed by atoms with E-state index < -0.39 is 10.0 Å². The Labute approximate surface area is 145 Å². The third kappa shape index (κ3) is 2.29. The van der Waals surface area contributed by atoms with E-state index in [1.54, 1.807) is 67.4 Å². The van der Waals surface area contributed by atoms with E-state index in [1.807, 2.05) is 6.07 Å². The molecule has 3 aromatic carbocycles. The highest BCUT2D eigenvalue weighted by Crippen LogP contribution is 2.40. The van der Waals surface area contributed by atoms with Crippen molar-refractivity contribution in [1.29, 1.82) is 0 Å². The normalized spacial score (nSPS) is 13.5. The monoisotopic (exact) mass is 352 g/mol. The lowest BCUT2D eigenvalue weighted by Crippen LogP contribution is -2.20. The summed E-state index contributed by atoms with van der Waals surface area (Å²) in [6.07, 6.45) is 0. The van der Waals surface area contributed by atoms with Crippen LogP contribution in [-0.2, 0) is 10.0 Å². The first-order valence-corrected chi connectivity index (χ1v) is 9.31. The Morgan fingerprint density at radius 2 is 1.72 bits per heavy atom. The van der Waals surface area contributed by atoms with Crippen molar-refractivity contribution in [1.82, 2.24) is 0 Å². The zero-order valence-corrected chi connectivity index (χ0v) is 14.6. The van der Waals surface area contributed by atoms with Crippen molar-refractivity contribution in [3.63, 3.8) is 0 Å². The van der Waals surface area contributed by atoms with Gasteiger partial charge in [0.05, 0.1) is 16.3 Å². The minimum absolute atomic E-state index is 0.0838. The predicted molar refractivity (Wildman–Crippen MR) is 98.7 cm³/mol. The molecule has 0 unspecified atom stereocenters. The van der Waals surface area contributed by atoms with Crippen LogP contribution in [0.3, 0.4) is 0 Å². The van der Waals surface area contributed by atoms with Gasteiger partial charge in [0.1, 0.15) is 0 Å². The summed E-state index contributed by atoms with van der Waals surface area (Å²) in [4.78, 5) is 14.1. The van der Waals surface area contributed by atoms with Gasteiger partial charge < -0.3 is 4.90 Å². The van der Waals surface area contributed by atoms with Gasteiger partial charge in [-0.3, -0.25) is 9.52 Å². The first-order valence-electron chi connectivity index (χ1n) is 7.82. The molecule has 1 N–H and O–H groups in total. The van der Waals surface area contributed by atoms with Gasteiger partial charge in [-0.25, -0.2) is 8.42 Å². The van der Waals surface area contributed by atoms with Crippen LogP contribution >= 0.6 is 0 Å². The van der Waals surface area contributed by atoms with Crippen molar-refractivity contribution >= 4 is 38.1 Å². The Kier molecular flexibility index (Phi) is 3.33. The summed E-state index contributed by atoms with van der Waals surface area (Å²) >= 11 is 0. The summed E-state index contributed by atoms with van der Waals surface area (Å²) in [5.41, 5.74) is 2.52. The first-order chi connectivity index (χ1) is 11.9. The van der Waals surface area contributed by atoms with Crippen LogP contribution < -0.4 is 9.62 Å². The summed E-state index contributed by atoms with van der Waals surface area (Å²) in [6.45, 7) is 1.76. The maximum absolute atomic E-state index is 12.8. The molecule has 0 bridgehead atoms. The largest absolute Gasteiger partial charge is 0.311 e. The number of carbonyl (C=O) groups excluding carboxylic acids is 1. The molecular formula is C19H16N2O3S. The third-order valence-corrected chi connectivity index (χ3v) is 6.07. The SMILES string of the molecule is Cc1ccccc1S(=O)(=O)Nc1ccc2c3c(cccc13)C(=O)N2C. The van der Waals surface area contributed by atoms with Crippen LogP contribution in [-0.4, -0.2) is 21.4 Å². The minimum atomic E-state index is -3.72. The average molecular weight is 352 g/mol. The molecule has 0 saturated carbocycles. The molecule has 126 valence electrons. The zero-order chi connectivity index (χ0) is 17.8.